The molecule has 50 nitrogen and oxygen atoms in total. The molecule has 136 heavy (non-hydrogen) atoms. The van der Waals surface area contributed by atoms with Gasteiger partial charge >= 0.3 is 11.9 Å². The molecule has 1 aliphatic rings. The van der Waals surface area contributed by atoms with Crippen LogP contribution in [0.25, 0.3) is 0 Å². The van der Waals surface area contributed by atoms with Gasteiger partial charge in [-0.2, -0.15) is 0 Å². The SMILES string of the molecule is CC[C@H](C)[C@H](NC(=O)[C@H](CC(N)=O)NC(=O)CNC(=O)[C@H](CCC(N)=O)NC(=O)CNC(=O)[C@@H]1CCCN1C(=O)[C@H](CC(C)C)NC(=O)[C@@H](NC(=O)[C@@H](N)CCC(=O)O)[C@@H](C)CC)C(=O)N[C@@H](CC(N)=O)C(=O)N[C@@H](Cc1ccc(O)cc1)C(=O)N[C@@H](CC(N)=O)C(=O)N[C@@H](CCC(N)=O)C(=O)N[C@@H](CCCCN)C(=O)N[C@@H](Cc1ccccc1)C(=O)N[C@@H](CCCCN)C(=O)NCC(=O)O. The van der Waals surface area contributed by atoms with Crippen LogP contribution < -0.4 is 126 Å². The highest BCUT2D eigenvalue weighted by Crippen LogP contribution is 2.23. The van der Waals surface area contributed by atoms with Gasteiger partial charge in [0.1, 0.15) is 90.8 Å². The Morgan fingerprint density at radius 2 is 0.750 bits per heavy atom. The highest BCUT2D eigenvalue weighted by Gasteiger charge is 2.43. The predicted octanol–water partition coefficient (Wildman–Crippen LogP) is -8.84. The van der Waals surface area contributed by atoms with Gasteiger partial charge in [-0.3, -0.25) is 110 Å². The molecule has 1 heterocycles. The summed E-state index contributed by atoms with van der Waals surface area (Å²) in [5.41, 5.74) is 45.7. The second-order valence-electron chi connectivity index (χ2n) is 33.5. The number of hydrogen-bond donors (Lipinski definition) is 26. The van der Waals surface area contributed by atoms with Crippen LogP contribution in [0.1, 0.15) is 181 Å². The molecule has 21 amide bonds. The number of carbonyl (C=O) groups is 23. The number of nitrogens with zero attached hydrogens (tertiary/aromatic N) is 1. The second kappa shape index (κ2) is 60.2. The number of nitrogens with one attached hydrogen (secondary N) is 15. The Hall–Kier alpha value is -14.1. The summed E-state index contributed by atoms with van der Waals surface area (Å²) >= 11 is 0. The van der Waals surface area contributed by atoms with Gasteiger partial charge in [-0.25, -0.2) is 0 Å². The molecule has 34 N–H and O–H groups in total. The topological polar surface area (TPSA) is 845 Å². The predicted molar refractivity (Wildman–Crippen MR) is 484 cm³/mol. The van der Waals surface area contributed by atoms with Crippen molar-refractivity contribution in [2.75, 3.05) is 39.3 Å². The molecule has 0 radical (unpaired) electrons. The second-order valence-corrected chi connectivity index (χ2v) is 33.5. The van der Waals surface area contributed by atoms with E-state index in [1.165, 1.54) is 36.1 Å². The van der Waals surface area contributed by atoms with E-state index in [0.717, 1.165) is 0 Å². The summed E-state index contributed by atoms with van der Waals surface area (Å²) in [6, 6.07) is -9.37. The quantitative estimate of drug-likeness (QED) is 0.0274. The first-order valence-corrected chi connectivity index (χ1v) is 44.7. The lowest BCUT2D eigenvalue weighted by Gasteiger charge is -2.31. The van der Waals surface area contributed by atoms with Crippen LogP contribution in [-0.2, 0) is 123 Å². The molecule has 0 unspecified atom stereocenters. The van der Waals surface area contributed by atoms with Crippen LogP contribution in [0.15, 0.2) is 54.6 Å². The van der Waals surface area contributed by atoms with E-state index >= 15 is 0 Å². The number of rotatable bonds is 65. The van der Waals surface area contributed by atoms with Gasteiger partial charge in [0.05, 0.1) is 38.4 Å². The zero-order chi connectivity index (χ0) is 102. The molecule has 16 atom stereocenters. The Balaban J connectivity index is 1.90. The number of carboxylic acids is 2. The Kier molecular flexibility index (Phi) is 51.4. The van der Waals surface area contributed by atoms with Crippen LogP contribution in [0.5, 0.6) is 5.75 Å². The maximum absolute atomic E-state index is 14.8. The summed E-state index contributed by atoms with van der Waals surface area (Å²) in [6.07, 6.45) is -4.85. The van der Waals surface area contributed by atoms with Crippen molar-refractivity contribution in [1.82, 2.24) is 84.7 Å². The summed E-state index contributed by atoms with van der Waals surface area (Å²) in [5.74, 6) is -27.0. The Morgan fingerprint density at radius 1 is 0.382 bits per heavy atom. The molecule has 0 aliphatic carbocycles. The van der Waals surface area contributed by atoms with Crippen molar-refractivity contribution < 1.29 is 126 Å². The van der Waals surface area contributed by atoms with Gasteiger partial charge in [-0.05, 0) is 131 Å². The highest BCUT2D eigenvalue weighted by atomic mass is 16.4. The van der Waals surface area contributed by atoms with E-state index in [0.29, 0.717) is 31.2 Å². The lowest BCUT2D eigenvalue weighted by Crippen LogP contribution is -2.62. The summed E-state index contributed by atoms with van der Waals surface area (Å²) in [6.45, 7) is 7.67. The zero-order valence-electron chi connectivity index (χ0n) is 77.1. The zero-order valence-corrected chi connectivity index (χ0v) is 77.1. The number of hydrogen-bond acceptors (Lipinski definition) is 27. The number of primary amides is 5. The summed E-state index contributed by atoms with van der Waals surface area (Å²) in [5, 5.41) is 64.5. The first kappa shape index (κ1) is 116. The van der Waals surface area contributed by atoms with Crippen molar-refractivity contribution in [2.24, 2.45) is 63.6 Å². The number of phenolic OH excluding ortho intramolecular Hbond substituents is 1. The van der Waals surface area contributed by atoms with E-state index < -0.39 is 310 Å². The molecule has 3 rings (SSSR count). The van der Waals surface area contributed by atoms with Gasteiger partial charge in [-0.15, -0.1) is 0 Å². The number of aliphatic carboxylic acids is 2. The summed E-state index contributed by atoms with van der Waals surface area (Å²) in [7, 11) is 0. The molecule has 0 saturated carbocycles. The minimum absolute atomic E-state index is 0.000734. The maximum Gasteiger partial charge on any atom is 0.322 e. The Bertz CT molecular complexity index is 4490. The Labute approximate surface area is 784 Å². The molecule has 1 fully saturated rings. The molecule has 754 valence electrons. The number of amides is 21. The fraction of sp³-hybridized carbons (Fsp3) is 0.593. The van der Waals surface area contributed by atoms with Crippen LogP contribution in [-0.4, -0.2) is 280 Å². The van der Waals surface area contributed by atoms with Crippen LogP contribution in [0, 0.1) is 17.8 Å². The van der Waals surface area contributed by atoms with Gasteiger partial charge in [0.2, 0.25) is 124 Å². The average Bonchev–Trinajstić information content (AvgIpc) is 1.73. The number of carboxylic acid groups (broad SMARTS) is 2. The normalized spacial score (nSPS) is 15.5. The number of likely N-dealkylation sites (tertiary alicyclic amines) is 1. The molecular formula is C86H134N24O26. The monoisotopic (exact) mass is 1920 g/mol. The van der Waals surface area contributed by atoms with E-state index in [2.05, 4.69) is 79.8 Å². The van der Waals surface area contributed by atoms with E-state index in [-0.39, 0.29) is 94.7 Å². The molecule has 1 saturated heterocycles. The lowest BCUT2D eigenvalue weighted by atomic mass is 9.96. The van der Waals surface area contributed by atoms with E-state index in [1.807, 2.05) is 0 Å². The van der Waals surface area contributed by atoms with Gasteiger partial charge in [0.25, 0.3) is 0 Å². The van der Waals surface area contributed by atoms with Crippen molar-refractivity contribution in [3.05, 3.63) is 65.7 Å². The summed E-state index contributed by atoms with van der Waals surface area (Å²) in [4.78, 5) is 312. The lowest BCUT2D eigenvalue weighted by molar-refractivity contribution is -0.142. The number of nitrogens with two attached hydrogens (primary N) is 8. The molecule has 0 spiro atoms. The highest BCUT2D eigenvalue weighted by molar-refractivity contribution is 6.03. The number of carbonyl (C=O) groups excluding carboxylic acids is 21. The fourth-order valence-corrected chi connectivity index (χ4v) is 14.0. The van der Waals surface area contributed by atoms with Gasteiger partial charge in [0.15, 0.2) is 0 Å². The van der Waals surface area contributed by atoms with Crippen molar-refractivity contribution in [3.8, 4) is 5.75 Å². The smallest absolute Gasteiger partial charge is 0.322 e. The number of unbranched alkanes of at least 4 members (excludes halogenated alkanes) is 2. The average molecular weight is 1920 g/mol. The molecule has 0 aromatic heterocycles. The third kappa shape index (κ3) is 43.3. The van der Waals surface area contributed by atoms with Crippen LogP contribution in [0.2, 0.25) is 0 Å². The minimum atomic E-state index is -2.08. The van der Waals surface area contributed by atoms with E-state index in [4.69, 9.17) is 51.0 Å². The number of phenols is 1. The number of benzene rings is 2. The van der Waals surface area contributed by atoms with Crippen molar-refractivity contribution in [1.29, 1.82) is 0 Å². The van der Waals surface area contributed by atoms with Gasteiger partial charge in [-0.1, -0.05) is 96.8 Å². The van der Waals surface area contributed by atoms with Crippen LogP contribution in [0.3, 0.4) is 0 Å². The van der Waals surface area contributed by atoms with Crippen molar-refractivity contribution >= 4 is 136 Å². The van der Waals surface area contributed by atoms with Gasteiger partial charge < -0.3 is 146 Å². The first-order valence-electron chi connectivity index (χ1n) is 44.7. The summed E-state index contributed by atoms with van der Waals surface area (Å²) < 4.78 is 0. The third-order valence-corrected chi connectivity index (χ3v) is 21.9. The largest absolute Gasteiger partial charge is 0.508 e. The molecule has 50 heteroatoms. The van der Waals surface area contributed by atoms with E-state index in [9.17, 15) is 120 Å². The van der Waals surface area contributed by atoms with E-state index in [1.54, 1.807) is 65.0 Å². The van der Waals surface area contributed by atoms with Crippen LogP contribution in [0.4, 0.5) is 0 Å². The van der Waals surface area contributed by atoms with Crippen molar-refractivity contribution in [3.63, 3.8) is 0 Å². The van der Waals surface area contributed by atoms with Crippen molar-refractivity contribution in [2.45, 2.75) is 267 Å². The standard InChI is InChI=1S/C86H134N24O26/c1-7-45(5)71(108-73(123)50(89)26-31-69(119)120)85(135)107-60(35-44(3)4)86(136)110-34-16-21-61(110)83(133)96-42-67(117)98-53(27-29-62(90)112)75(125)95-41-68(118)99-57(38-64(92)114)82(132)109-72(46(6)8-2)84(134)106-59(40-66(94)116)81(131)104-56(37-48-22-24-49(111)25-23-48)79(129)105-58(39-65(93)115)80(130)102-54(28-30-63(91)113)77(127)101-52(20-13-15-33-88)76(126)103-55(36-47-17-10-9-11-18-47)78(128)100-51(19-12-14-32-87)74(124)97-43-70(121)122/h9-11,17-18,22-25,44-46,50-61,71-72,111H,7-8,12-16,19-21,26-43,87-89H2,1-6H3,(H2,90,112)(H2,91,113)(H2,92,114)(H2,93,115)(H2,94,116)(H,95,125)(H,96,133)(H,97,124)(H,98,117)(H,99,118)(H,100,128)(H,101,127)(H,102,130)(H,103,126)(H,104,131)(H,105,129)(H,106,134)(H,107,135)(H,108,123)(H,109,132)(H,119,120)(H,121,122)/t45-,46-,50-,51-,52-,53-,54-,55-,56-,57-,58-,59-,60-,61-,71-,72-/m0/s1. The molecule has 1 aliphatic heterocycles. The van der Waals surface area contributed by atoms with Crippen LogP contribution >= 0.6 is 0 Å². The molecular weight excluding hydrogens is 1790 g/mol. The third-order valence-electron chi connectivity index (χ3n) is 21.9. The molecule has 2 aromatic rings. The molecule has 2 aromatic carbocycles. The fourth-order valence-electron chi connectivity index (χ4n) is 14.0. The molecule has 0 bridgehead atoms. The Morgan fingerprint density at radius 3 is 1.18 bits per heavy atom. The minimum Gasteiger partial charge on any atom is -0.508 e. The number of aromatic hydroxyl groups is 1. The first-order chi connectivity index (χ1) is 64.1. The van der Waals surface area contributed by atoms with Gasteiger partial charge in [0, 0.05) is 38.6 Å². The maximum atomic E-state index is 14.8.